The maximum absolute atomic E-state index is 12.7. The monoisotopic (exact) mass is 490 g/mol. The Kier molecular flexibility index (Phi) is 8.78. The van der Waals surface area contributed by atoms with E-state index in [1.54, 1.807) is 25.3 Å². The van der Waals surface area contributed by atoms with Crippen LogP contribution < -0.4 is 0 Å². The van der Waals surface area contributed by atoms with Crippen LogP contribution in [0.5, 0.6) is 0 Å². The number of morpholine rings is 1. The minimum atomic E-state index is -3.57. The van der Waals surface area contributed by atoms with Crippen molar-refractivity contribution >= 4 is 27.9 Å². The smallest absolute Gasteiger partial charge is 0.331 e. The molecule has 10 heteroatoms. The van der Waals surface area contributed by atoms with Crippen molar-refractivity contribution in [2.45, 2.75) is 25.3 Å². The SMILES string of the molecule is COCCn1c(C)cc(C(=O)COC(=O)C=Cc2ccc(S(=O)(=O)N3CCOCC3)cc2)c1C. The molecule has 1 aromatic heterocycles. The minimum Gasteiger partial charge on any atom is -0.454 e. The molecule has 184 valence electrons. The van der Waals surface area contributed by atoms with E-state index in [9.17, 15) is 18.0 Å². The number of hydrogen-bond donors (Lipinski definition) is 0. The van der Waals surface area contributed by atoms with E-state index in [-0.39, 0.29) is 17.3 Å². The Morgan fingerprint density at radius 3 is 2.44 bits per heavy atom. The third kappa shape index (κ3) is 6.20. The van der Waals surface area contributed by atoms with Gasteiger partial charge in [0.2, 0.25) is 15.8 Å². The minimum absolute atomic E-state index is 0.183. The Bertz CT molecular complexity index is 1140. The normalized spacial score (nSPS) is 15.0. The number of aryl methyl sites for hydroxylation is 1. The summed E-state index contributed by atoms with van der Waals surface area (Å²) in [6, 6.07) is 8.00. The van der Waals surface area contributed by atoms with Gasteiger partial charge in [0.25, 0.3) is 0 Å². The molecule has 0 N–H and O–H groups in total. The number of nitrogens with zero attached hydrogens (tertiary/aromatic N) is 2. The summed E-state index contributed by atoms with van der Waals surface area (Å²) < 4.78 is 44.1. The van der Waals surface area contributed by atoms with Crippen molar-refractivity contribution < 1.29 is 32.2 Å². The van der Waals surface area contributed by atoms with E-state index in [1.807, 2.05) is 18.4 Å². The predicted molar refractivity (Wildman–Crippen MR) is 126 cm³/mol. The summed E-state index contributed by atoms with van der Waals surface area (Å²) in [5, 5.41) is 0. The largest absolute Gasteiger partial charge is 0.454 e. The molecule has 1 aliphatic rings. The summed E-state index contributed by atoms with van der Waals surface area (Å²) in [4.78, 5) is 24.8. The molecule has 34 heavy (non-hydrogen) atoms. The number of benzene rings is 1. The lowest BCUT2D eigenvalue weighted by molar-refractivity contribution is -0.136. The van der Waals surface area contributed by atoms with E-state index in [4.69, 9.17) is 14.2 Å². The lowest BCUT2D eigenvalue weighted by Gasteiger charge is -2.26. The van der Waals surface area contributed by atoms with Gasteiger partial charge in [0.15, 0.2) is 6.61 Å². The third-order valence-corrected chi connectivity index (χ3v) is 7.55. The number of hydrogen-bond acceptors (Lipinski definition) is 7. The fourth-order valence-electron chi connectivity index (χ4n) is 3.72. The van der Waals surface area contributed by atoms with Gasteiger partial charge in [-0.05, 0) is 43.7 Å². The van der Waals surface area contributed by atoms with Gasteiger partial charge in [0.1, 0.15) is 0 Å². The maximum Gasteiger partial charge on any atom is 0.331 e. The predicted octanol–water partition coefficient (Wildman–Crippen LogP) is 2.21. The first-order valence-corrected chi connectivity index (χ1v) is 12.4. The molecule has 9 nitrogen and oxygen atoms in total. The van der Waals surface area contributed by atoms with Gasteiger partial charge in [-0.1, -0.05) is 12.1 Å². The Balaban J connectivity index is 1.55. The van der Waals surface area contributed by atoms with Gasteiger partial charge in [0.05, 0.1) is 24.7 Å². The number of carbonyl (C=O) groups is 2. The molecule has 0 saturated carbocycles. The summed E-state index contributed by atoms with van der Waals surface area (Å²) in [7, 11) is -1.95. The van der Waals surface area contributed by atoms with E-state index in [0.29, 0.717) is 50.6 Å². The van der Waals surface area contributed by atoms with Gasteiger partial charge in [0, 0.05) is 49.8 Å². The van der Waals surface area contributed by atoms with Crippen molar-refractivity contribution in [1.82, 2.24) is 8.87 Å². The molecule has 1 fully saturated rings. The molecular formula is C24H30N2O7S. The molecule has 2 aromatic rings. The van der Waals surface area contributed by atoms with Gasteiger partial charge in [-0.3, -0.25) is 4.79 Å². The quantitative estimate of drug-likeness (QED) is 0.286. The van der Waals surface area contributed by atoms with Gasteiger partial charge < -0.3 is 18.8 Å². The molecule has 0 unspecified atom stereocenters. The highest BCUT2D eigenvalue weighted by Gasteiger charge is 2.26. The van der Waals surface area contributed by atoms with Crippen LogP contribution in [0.2, 0.25) is 0 Å². The van der Waals surface area contributed by atoms with Crippen molar-refractivity contribution in [1.29, 1.82) is 0 Å². The highest BCUT2D eigenvalue weighted by molar-refractivity contribution is 7.89. The van der Waals surface area contributed by atoms with Crippen molar-refractivity contribution in [3.8, 4) is 0 Å². The maximum atomic E-state index is 12.7. The second kappa shape index (κ2) is 11.6. The summed E-state index contributed by atoms with van der Waals surface area (Å²) in [6.07, 6.45) is 2.72. The number of esters is 1. The zero-order valence-corrected chi connectivity index (χ0v) is 20.5. The zero-order chi connectivity index (χ0) is 24.7. The third-order valence-electron chi connectivity index (χ3n) is 5.64. The van der Waals surface area contributed by atoms with Crippen LogP contribution in [-0.4, -0.2) is 75.7 Å². The van der Waals surface area contributed by atoms with E-state index < -0.39 is 16.0 Å². The Morgan fingerprint density at radius 2 is 1.79 bits per heavy atom. The van der Waals surface area contributed by atoms with Crippen LogP contribution in [0.15, 0.2) is 41.3 Å². The van der Waals surface area contributed by atoms with Crippen LogP contribution >= 0.6 is 0 Å². The number of rotatable bonds is 10. The topological polar surface area (TPSA) is 104 Å². The number of carbonyl (C=O) groups excluding carboxylic acids is 2. The number of ketones is 1. The van der Waals surface area contributed by atoms with Crippen molar-refractivity contribution in [3.63, 3.8) is 0 Å². The van der Waals surface area contributed by atoms with Crippen LogP contribution in [-0.2, 0) is 35.6 Å². The van der Waals surface area contributed by atoms with Crippen LogP contribution in [0.3, 0.4) is 0 Å². The molecule has 2 heterocycles. The molecule has 0 atom stereocenters. The molecular weight excluding hydrogens is 460 g/mol. The van der Waals surface area contributed by atoms with E-state index in [2.05, 4.69) is 0 Å². The van der Waals surface area contributed by atoms with E-state index in [1.165, 1.54) is 28.6 Å². The molecule has 3 rings (SSSR count). The number of methoxy groups -OCH3 is 1. The second-order valence-electron chi connectivity index (χ2n) is 7.88. The second-order valence-corrected chi connectivity index (χ2v) is 9.82. The van der Waals surface area contributed by atoms with Crippen LogP contribution in [0.4, 0.5) is 0 Å². The fraction of sp³-hybridized carbons (Fsp3) is 0.417. The van der Waals surface area contributed by atoms with Crippen LogP contribution in [0.1, 0.15) is 27.3 Å². The molecule has 0 amide bonds. The first-order valence-electron chi connectivity index (χ1n) is 11.0. The average molecular weight is 491 g/mol. The average Bonchev–Trinajstić information content (AvgIpc) is 3.13. The lowest BCUT2D eigenvalue weighted by Crippen LogP contribution is -2.40. The van der Waals surface area contributed by atoms with Gasteiger partial charge in [-0.25, -0.2) is 13.2 Å². The summed E-state index contributed by atoms with van der Waals surface area (Å²) in [5.74, 6) is -0.942. The standard InChI is InChI=1S/C24H30N2O7S/c1-18-16-22(19(2)26(18)12-13-31-3)23(27)17-33-24(28)9-6-20-4-7-21(8-5-20)34(29,30)25-10-14-32-15-11-25/h4-9,16H,10-15,17H2,1-3H3. The summed E-state index contributed by atoms with van der Waals surface area (Å²) in [5.41, 5.74) is 2.88. The summed E-state index contributed by atoms with van der Waals surface area (Å²) in [6.45, 7) is 5.96. The molecule has 1 aromatic carbocycles. The molecule has 1 aliphatic heterocycles. The van der Waals surface area contributed by atoms with Crippen molar-refractivity contribution in [2.75, 3.05) is 46.6 Å². The number of Topliss-reactive ketones (excluding diaryl/α,β-unsaturated/α-hetero) is 1. The highest BCUT2D eigenvalue weighted by atomic mass is 32.2. The zero-order valence-electron chi connectivity index (χ0n) is 19.7. The Labute approximate surface area is 200 Å². The Hall–Kier alpha value is -2.79. The first kappa shape index (κ1) is 25.8. The van der Waals surface area contributed by atoms with Crippen molar-refractivity contribution in [2.24, 2.45) is 0 Å². The molecule has 0 bridgehead atoms. The summed E-state index contributed by atoms with van der Waals surface area (Å²) >= 11 is 0. The van der Waals surface area contributed by atoms with Gasteiger partial charge in [-0.2, -0.15) is 4.31 Å². The molecule has 0 spiro atoms. The van der Waals surface area contributed by atoms with E-state index in [0.717, 1.165) is 11.4 Å². The number of sulfonamides is 1. The highest BCUT2D eigenvalue weighted by Crippen LogP contribution is 2.19. The number of aromatic nitrogens is 1. The lowest BCUT2D eigenvalue weighted by atomic mass is 10.1. The van der Waals surface area contributed by atoms with Gasteiger partial charge in [-0.15, -0.1) is 0 Å². The van der Waals surface area contributed by atoms with Gasteiger partial charge >= 0.3 is 5.97 Å². The fourth-order valence-corrected chi connectivity index (χ4v) is 5.13. The number of ether oxygens (including phenoxy) is 3. The van der Waals surface area contributed by atoms with Crippen molar-refractivity contribution in [3.05, 3.63) is 58.9 Å². The Morgan fingerprint density at radius 1 is 1.12 bits per heavy atom. The molecule has 0 radical (unpaired) electrons. The van der Waals surface area contributed by atoms with E-state index >= 15 is 0 Å². The van der Waals surface area contributed by atoms with Crippen LogP contribution in [0, 0.1) is 13.8 Å². The first-order chi connectivity index (χ1) is 16.2. The van der Waals surface area contributed by atoms with Crippen LogP contribution in [0.25, 0.3) is 6.08 Å². The molecule has 1 saturated heterocycles. The molecule has 0 aliphatic carbocycles.